The van der Waals surface area contributed by atoms with Gasteiger partial charge in [0.25, 0.3) is 0 Å². The molecule has 4 nitrogen and oxygen atoms in total. The highest BCUT2D eigenvalue weighted by atomic mass is 32.2. The Morgan fingerprint density at radius 1 is 0.900 bits per heavy atom. The summed E-state index contributed by atoms with van der Waals surface area (Å²) < 4.78 is 14.0. The van der Waals surface area contributed by atoms with Gasteiger partial charge in [0.05, 0.1) is 5.69 Å². The van der Waals surface area contributed by atoms with Crippen molar-refractivity contribution in [3.63, 3.8) is 0 Å². The summed E-state index contributed by atoms with van der Waals surface area (Å²) in [6.07, 6.45) is 1.87. The first-order valence-corrected chi connectivity index (χ1v) is 10.7. The molecule has 0 radical (unpaired) electrons. The smallest absolute Gasteiger partial charge is 0.242 e. The van der Waals surface area contributed by atoms with E-state index in [-0.39, 0.29) is 23.4 Å². The van der Waals surface area contributed by atoms with Gasteiger partial charge in [-0.3, -0.25) is 9.59 Å². The van der Waals surface area contributed by atoms with E-state index in [1.807, 2.05) is 54.6 Å². The summed E-state index contributed by atoms with van der Waals surface area (Å²) in [6, 6.07) is 22.9. The number of nitrogens with one attached hydrogen (secondary N) is 2. The molecule has 0 aromatic heterocycles. The number of carbonyl (C=O) groups excluding carboxylic acids is 2. The second-order valence-electron chi connectivity index (χ2n) is 7.17. The molecule has 4 rings (SSSR count). The fourth-order valence-electron chi connectivity index (χ4n) is 3.03. The van der Waals surface area contributed by atoms with E-state index in [1.165, 1.54) is 23.9 Å². The Bertz CT molecular complexity index is 1050. The maximum absolute atomic E-state index is 14.0. The van der Waals surface area contributed by atoms with Crippen LogP contribution in [-0.2, 0) is 9.59 Å². The highest BCUT2D eigenvalue weighted by Gasteiger charge is 2.29. The molecule has 6 heteroatoms. The van der Waals surface area contributed by atoms with E-state index in [1.54, 1.807) is 12.1 Å². The number of benzene rings is 3. The molecular weight excluding hydrogens is 399 g/mol. The second kappa shape index (κ2) is 9.13. The first-order valence-electron chi connectivity index (χ1n) is 9.78. The molecule has 0 bridgehead atoms. The van der Waals surface area contributed by atoms with Gasteiger partial charge in [0.15, 0.2) is 0 Å². The third-order valence-electron chi connectivity index (χ3n) is 4.78. The Hall–Kier alpha value is -3.12. The van der Waals surface area contributed by atoms with Crippen molar-refractivity contribution >= 4 is 35.0 Å². The second-order valence-corrected chi connectivity index (χ2v) is 8.35. The summed E-state index contributed by atoms with van der Waals surface area (Å²) >= 11 is 1.35. The molecule has 1 aliphatic rings. The fraction of sp³-hybridized carbons (Fsp3) is 0.167. The molecule has 0 spiro atoms. The van der Waals surface area contributed by atoms with Crippen molar-refractivity contribution in [1.82, 2.24) is 0 Å². The van der Waals surface area contributed by atoms with Crippen molar-refractivity contribution in [2.75, 3.05) is 10.6 Å². The van der Waals surface area contributed by atoms with Gasteiger partial charge in [-0.1, -0.05) is 48.5 Å². The van der Waals surface area contributed by atoms with Crippen LogP contribution >= 0.6 is 11.8 Å². The van der Waals surface area contributed by atoms with Gasteiger partial charge >= 0.3 is 0 Å². The van der Waals surface area contributed by atoms with Crippen molar-refractivity contribution in [2.24, 2.45) is 5.92 Å². The van der Waals surface area contributed by atoms with Crippen LogP contribution in [0.1, 0.15) is 23.7 Å². The quantitative estimate of drug-likeness (QED) is 0.486. The number of amides is 2. The zero-order chi connectivity index (χ0) is 20.9. The lowest BCUT2D eigenvalue weighted by atomic mass is 10.1. The van der Waals surface area contributed by atoms with E-state index in [9.17, 15) is 14.0 Å². The SMILES string of the molecule is O=C(Nc1cccc(SC(C(=O)Nc2ccccc2F)c2ccccc2)c1)C1CC1. The van der Waals surface area contributed by atoms with Crippen LogP contribution in [0.5, 0.6) is 0 Å². The lowest BCUT2D eigenvalue weighted by Gasteiger charge is -2.18. The van der Waals surface area contributed by atoms with E-state index >= 15 is 0 Å². The molecule has 152 valence electrons. The molecule has 0 saturated heterocycles. The van der Waals surface area contributed by atoms with E-state index in [0.717, 1.165) is 23.3 Å². The van der Waals surface area contributed by atoms with E-state index < -0.39 is 11.1 Å². The molecule has 0 heterocycles. The molecule has 3 aromatic carbocycles. The maximum atomic E-state index is 14.0. The van der Waals surface area contributed by atoms with Crippen LogP contribution in [0.4, 0.5) is 15.8 Å². The van der Waals surface area contributed by atoms with Crippen LogP contribution in [0.25, 0.3) is 0 Å². The molecule has 1 unspecified atom stereocenters. The normalized spacial score (nSPS) is 14.0. The van der Waals surface area contributed by atoms with Gasteiger partial charge in [-0.2, -0.15) is 0 Å². The summed E-state index contributed by atoms with van der Waals surface area (Å²) in [6.45, 7) is 0. The predicted octanol–water partition coefficient (Wildman–Crippen LogP) is 5.65. The highest BCUT2D eigenvalue weighted by molar-refractivity contribution is 8.00. The highest BCUT2D eigenvalue weighted by Crippen LogP contribution is 2.38. The number of rotatable bonds is 7. The van der Waals surface area contributed by atoms with Crippen LogP contribution in [0.2, 0.25) is 0 Å². The topological polar surface area (TPSA) is 58.2 Å². The third kappa shape index (κ3) is 5.07. The Labute approximate surface area is 178 Å². The van der Waals surface area contributed by atoms with Crippen LogP contribution in [0, 0.1) is 11.7 Å². The fourth-order valence-corrected chi connectivity index (χ4v) is 4.12. The molecule has 2 amide bonds. The number of halogens is 1. The minimum absolute atomic E-state index is 0.0362. The van der Waals surface area contributed by atoms with Gasteiger partial charge < -0.3 is 10.6 Å². The van der Waals surface area contributed by atoms with Crippen molar-refractivity contribution < 1.29 is 14.0 Å². The number of para-hydroxylation sites is 1. The van der Waals surface area contributed by atoms with E-state index in [4.69, 9.17) is 0 Å². The summed E-state index contributed by atoms with van der Waals surface area (Å²) in [5, 5.41) is 5.04. The minimum Gasteiger partial charge on any atom is -0.326 e. The van der Waals surface area contributed by atoms with Gasteiger partial charge in [0, 0.05) is 16.5 Å². The van der Waals surface area contributed by atoms with Crippen LogP contribution in [-0.4, -0.2) is 11.8 Å². The maximum Gasteiger partial charge on any atom is 0.242 e. The third-order valence-corrected chi connectivity index (χ3v) is 6.02. The zero-order valence-corrected chi connectivity index (χ0v) is 17.0. The van der Waals surface area contributed by atoms with Gasteiger partial charge in [-0.25, -0.2) is 4.39 Å². The number of thioether (sulfide) groups is 1. The number of carbonyl (C=O) groups is 2. The Kier molecular flexibility index (Phi) is 6.14. The van der Waals surface area contributed by atoms with Crippen molar-refractivity contribution in [2.45, 2.75) is 23.0 Å². The van der Waals surface area contributed by atoms with Crippen molar-refractivity contribution in [1.29, 1.82) is 0 Å². The molecule has 1 fully saturated rings. The lowest BCUT2D eigenvalue weighted by Crippen LogP contribution is -2.19. The summed E-state index contributed by atoms with van der Waals surface area (Å²) in [5.74, 6) is -0.643. The van der Waals surface area contributed by atoms with Crippen molar-refractivity contribution in [3.05, 3.63) is 90.2 Å². The lowest BCUT2D eigenvalue weighted by molar-refractivity contribution is -0.117. The molecule has 1 aliphatic carbocycles. The minimum atomic E-state index is -0.583. The average molecular weight is 421 g/mol. The van der Waals surface area contributed by atoms with E-state index in [0.29, 0.717) is 5.69 Å². The summed E-state index contributed by atoms with van der Waals surface area (Å²) in [4.78, 5) is 26.0. The largest absolute Gasteiger partial charge is 0.326 e. The monoisotopic (exact) mass is 420 g/mol. The Morgan fingerprint density at radius 2 is 1.63 bits per heavy atom. The van der Waals surface area contributed by atoms with Gasteiger partial charge in [-0.15, -0.1) is 11.8 Å². The van der Waals surface area contributed by atoms with Crippen LogP contribution in [0.3, 0.4) is 0 Å². The van der Waals surface area contributed by atoms with Gasteiger partial charge in [0.2, 0.25) is 11.8 Å². The number of hydrogen-bond acceptors (Lipinski definition) is 3. The number of hydrogen-bond donors (Lipinski definition) is 2. The number of anilines is 2. The average Bonchev–Trinajstić information content (AvgIpc) is 3.60. The molecule has 3 aromatic rings. The molecule has 1 saturated carbocycles. The van der Waals surface area contributed by atoms with Crippen molar-refractivity contribution in [3.8, 4) is 0 Å². The molecule has 1 atom stereocenters. The van der Waals surface area contributed by atoms with Crippen LogP contribution < -0.4 is 10.6 Å². The van der Waals surface area contributed by atoms with E-state index in [2.05, 4.69) is 10.6 Å². The molecule has 30 heavy (non-hydrogen) atoms. The van der Waals surface area contributed by atoms with Gasteiger partial charge in [0.1, 0.15) is 11.1 Å². The summed E-state index contributed by atoms with van der Waals surface area (Å²) in [5.41, 5.74) is 1.66. The first-order chi connectivity index (χ1) is 14.6. The molecular formula is C24H21FN2O2S. The van der Waals surface area contributed by atoms with Gasteiger partial charge in [-0.05, 0) is 48.7 Å². The Morgan fingerprint density at radius 3 is 2.37 bits per heavy atom. The summed E-state index contributed by atoms with van der Waals surface area (Å²) in [7, 11) is 0. The zero-order valence-electron chi connectivity index (χ0n) is 16.2. The van der Waals surface area contributed by atoms with Crippen LogP contribution in [0.15, 0.2) is 83.8 Å². The first kappa shape index (κ1) is 20.2. The Balaban J connectivity index is 1.55. The molecule has 2 N–H and O–H groups in total. The predicted molar refractivity (Wildman–Crippen MR) is 118 cm³/mol. The standard InChI is InChI=1S/C24H21FN2O2S/c25-20-11-4-5-12-21(20)27-24(29)22(16-7-2-1-3-8-16)30-19-10-6-9-18(15-19)26-23(28)17-13-14-17/h1-12,15,17,22H,13-14H2,(H,26,28)(H,27,29). The molecule has 0 aliphatic heterocycles.